The van der Waals surface area contributed by atoms with Gasteiger partial charge in [0.05, 0.1) is 5.38 Å². The number of rotatable bonds is 2. The van der Waals surface area contributed by atoms with Gasteiger partial charge in [-0.25, -0.2) is 0 Å². The van der Waals surface area contributed by atoms with E-state index in [-0.39, 0.29) is 11.2 Å². The van der Waals surface area contributed by atoms with Crippen molar-refractivity contribution in [3.05, 3.63) is 6.92 Å². The minimum Gasteiger partial charge on any atom is -0.298 e. The maximum absolute atomic E-state index is 10.3. The minimum atomic E-state index is -0.363. The number of alkyl halides is 1. The van der Waals surface area contributed by atoms with Crippen molar-refractivity contribution in [3.63, 3.8) is 0 Å². The number of ketones is 1. The van der Waals surface area contributed by atoms with E-state index in [0.29, 0.717) is 6.42 Å². The lowest BCUT2D eigenvalue weighted by atomic mass is 10.2. The molecule has 1 atom stereocenters. The molecule has 0 aromatic rings. The lowest BCUT2D eigenvalue weighted by Gasteiger charge is -1.93. The molecule has 0 saturated heterocycles. The van der Waals surface area contributed by atoms with E-state index in [0.717, 1.165) is 0 Å². The predicted molar refractivity (Wildman–Crippen MR) is 30.3 cm³/mol. The molecule has 0 bridgehead atoms. The number of carbonyl (C=O) groups is 1. The summed E-state index contributed by atoms with van der Waals surface area (Å²) in [7, 11) is 0. The maximum atomic E-state index is 10.3. The molecule has 0 saturated carbocycles. The fraction of sp³-hybridized carbons (Fsp3) is 0.600. The second-order valence-corrected chi connectivity index (χ2v) is 1.99. The van der Waals surface area contributed by atoms with Gasteiger partial charge >= 0.3 is 0 Å². The Morgan fingerprint density at radius 3 is 2.43 bits per heavy atom. The van der Waals surface area contributed by atoms with E-state index in [9.17, 15) is 4.79 Å². The summed E-state index contributed by atoms with van der Waals surface area (Å²) in [4.78, 5) is 10.3. The molecule has 0 spiro atoms. The van der Waals surface area contributed by atoms with Crippen LogP contribution in [-0.2, 0) is 4.79 Å². The lowest BCUT2D eigenvalue weighted by molar-refractivity contribution is -0.117. The van der Waals surface area contributed by atoms with Crippen LogP contribution in [0.1, 0.15) is 13.3 Å². The van der Waals surface area contributed by atoms with Gasteiger partial charge in [-0.2, -0.15) is 0 Å². The molecule has 0 heterocycles. The summed E-state index contributed by atoms with van der Waals surface area (Å²) in [6.07, 6.45) is 0.296. The molecule has 0 fully saturated rings. The fourth-order valence-corrected chi connectivity index (χ4v) is 0.308. The molecule has 0 aliphatic rings. The third-order valence-corrected chi connectivity index (χ3v) is 0.933. The van der Waals surface area contributed by atoms with E-state index in [4.69, 9.17) is 11.6 Å². The molecule has 2 heteroatoms. The zero-order valence-electron chi connectivity index (χ0n) is 4.28. The highest BCUT2D eigenvalue weighted by Crippen LogP contribution is 1.96. The van der Waals surface area contributed by atoms with E-state index >= 15 is 0 Å². The van der Waals surface area contributed by atoms with Gasteiger partial charge in [0.2, 0.25) is 0 Å². The molecule has 1 radical (unpaired) electrons. The molecule has 1 unspecified atom stereocenters. The van der Waals surface area contributed by atoms with Crippen molar-refractivity contribution in [3.8, 4) is 0 Å². The van der Waals surface area contributed by atoms with Gasteiger partial charge in [-0.3, -0.25) is 4.79 Å². The van der Waals surface area contributed by atoms with Crippen LogP contribution in [0.15, 0.2) is 0 Å². The Hall–Kier alpha value is -0.0400. The Kier molecular flexibility index (Phi) is 3.01. The largest absolute Gasteiger partial charge is 0.298 e. The normalized spacial score (nSPS) is 13.6. The smallest absolute Gasteiger partial charge is 0.150 e. The molecule has 0 N–H and O–H groups in total. The first-order valence-electron chi connectivity index (χ1n) is 2.14. The van der Waals surface area contributed by atoms with E-state index in [1.54, 1.807) is 6.92 Å². The van der Waals surface area contributed by atoms with E-state index < -0.39 is 0 Å². The fourth-order valence-electron chi connectivity index (χ4n) is 0.199. The number of hydrogen-bond acceptors (Lipinski definition) is 1. The number of carbonyl (C=O) groups excluding carboxylic acids is 1. The first-order chi connectivity index (χ1) is 3.18. The number of halogens is 1. The second-order valence-electron chi connectivity index (χ2n) is 1.33. The van der Waals surface area contributed by atoms with Crippen LogP contribution in [0.4, 0.5) is 0 Å². The SMILES string of the molecule is [CH2]CC(=O)C(C)Cl. The summed E-state index contributed by atoms with van der Waals surface area (Å²) in [5.74, 6) is 0.00154. The van der Waals surface area contributed by atoms with Crippen molar-refractivity contribution >= 4 is 17.4 Å². The lowest BCUT2D eigenvalue weighted by Crippen LogP contribution is -2.07. The standard InChI is InChI=1S/C5H8ClO/c1-3-5(7)4(2)6/h4H,1,3H2,2H3. The van der Waals surface area contributed by atoms with Gasteiger partial charge in [0.25, 0.3) is 0 Å². The molecular weight excluding hydrogens is 112 g/mol. The Morgan fingerprint density at radius 2 is 2.43 bits per heavy atom. The van der Waals surface area contributed by atoms with Crippen molar-refractivity contribution < 1.29 is 4.79 Å². The Morgan fingerprint density at radius 1 is 2.00 bits per heavy atom. The summed E-state index contributed by atoms with van der Waals surface area (Å²) in [6, 6.07) is 0. The minimum absolute atomic E-state index is 0.00154. The quantitative estimate of drug-likeness (QED) is 0.503. The zero-order chi connectivity index (χ0) is 5.86. The first-order valence-corrected chi connectivity index (χ1v) is 2.58. The molecule has 0 aliphatic carbocycles. The second kappa shape index (κ2) is 3.03. The van der Waals surface area contributed by atoms with Crippen LogP contribution in [0.5, 0.6) is 0 Å². The maximum Gasteiger partial charge on any atom is 0.150 e. The van der Waals surface area contributed by atoms with Crippen molar-refractivity contribution in [1.82, 2.24) is 0 Å². The van der Waals surface area contributed by atoms with Crippen LogP contribution in [-0.4, -0.2) is 11.2 Å². The highest BCUT2D eigenvalue weighted by molar-refractivity contribution is 6.30. The molecule has 0 aromatic heterocycles. The number of Topliss-reactive ketones (excluding diaryl/α,β-unsaturated/α-hetero) is 1. The molecule has 0 rings (SSSR count). The van der Waals surface area contributed by atoms with Crippen LogP contribution in [0.2, 0.25) is 0 Å². The van der Waals surface area contributed by atoms with Crippen LogP contribution in [0.3, 0.4) is 0 Å². The van der Waals surface area contributed by atoms with Crippen molar-refractivity contribution in [2.45, 2.75) is 18.7 Å². The van der Waals surface area contributed by atoms with E-state index in [1.165, 1.54) is 0 Å². The third kappa shape index (κ3) is 2.63. The molecule has 0 aliphatic heterocycles. The third-order valence-electron chi connectivity index (χ3n) is 0.690. The highest BCUT2D eigenvalue weighted by Gasteiger charge is 2.03. The Balaban J connectivity index is 3.35. The average Bonchev–Trinajstić information content (AvgIpc) is 1.65. The van der Waals surface area contributed by atoms with Gasteiger partial charge in [-0.15, -0.1) is 11.6 Å². The highest BCUT2D eigenvalue weighted by atomic mass is 35.5. The van der Waals surface area contributed by atoms with Crippen LogP contribution in [0.25, 0.3) is 0 Å². The van der Waals surface area contributed by atoms with Crippen molar-refractivity contribution in [2.24, 2.45) is 0 Å². The van der Waals surface area contributed by atoms with Crippen molar-refractivity contribution in [2.75, 3.05) is 0 Å². The van der Waals surface area contributed by atoms with Crippen molar-refractivity contribution in [1.29, 1.82) is 0 Å². The van der Waals surface area contributed by atoms with E-state index in [2.05, 4.69) is 6.92 Å². The molecule has 41 valence electrons. The van der Waals surface area contributed by atoms with Crippen LogP contribution >= 0.6 is 11.6 Å². The van der Waals surface area contributed by atoms with Gasteiger partial charge in [-0.05, 0) is 13.8 Å². The Labute approximate surface area is 48.7 Å². The van der Waals surface area contributed by atoms with Crippen LogP contribution < -0.4 is 0 Å². The van der Waals surface area contributed by atoms with E-state index in [1.807, 2.05) is 0 Å². The first kappa shape index (κ1) is 6.96. The summed E-state index contributed by atoms with van der Waals surface area (Å²) in [5.41, 5.74) is 0. The summed E-state index contributed by atoms with van der Waals surface area (Å²) < 4.78 is 0. The monoisotopic (exact) mass is 119 g/mol. The van der Waals surface area contributed by atoms with Gasteiger partial charge < -0.3 is 0 Å². The van der Waals surface area contributed by atoms with Gasteiger partial charge in [0.1, 0.15) is 5.78 Å². The van der Waals surface area contributed by atoms with Gasteiger partial charge in [0.15, 0.2) is 0 Å². The summed E-state index contributed by atoms with van der Waals surface area (Å²) in [6.45, 7) is 5.02. The summed E-state index contributed by atoms with van der Waals surface area (Å²) >= 11 is 5.34. The Bertz CT molecular complexity index is 68.5. The predicted octanol–water partition coefficient (Wildman–Crippen LogP) is 1.41. The number of hydrogen-bond donors (Lipinski definition) is 0. The molecular formula is C5H8ClO. The molecule has 0 aromatic carbocycles. The molecule has 1 nitrogen and oxygen atoms in total. The van der Waals surface area contributed by atoms with Gasteiger partial charge in [-0.1, -0.05) is 0 Å². The topological polar surface area (TPSA) is 17.1 Å². The zero-order valence-corrected chi connectivity index (χ0v) is 5.03. The average molecular weight is 120 g/mol. The molecule has 0 amide bonds. The summed E-state index contributed by atoms with van der Waals surface area (Å²) in [5, 5.41) is -0.363. The van der Waals surface area contributed by atoms with Crippen LogP contribution in [0, 0.1) is 6.92 Å². The van der Waals surface area contributed by atoms with Gasteiger partial charge in [0, 0.05) is 6.42 Å². The molecule has 7 heavy (non-hydrogen) atoms.